The molecule has 2 saturated heterocycles. The largest absolute Gasteiger partial charge is 0.395 e. The van der Waals surface area contributed by atoms with E-state index in [4.69, 9.17) is 0 Å². The number of hydrogen-bond donors (Lipinski definition) is 1. The molecule has 2 amide bonds. The van der Waals surface area contributed by atoms with Crippen LogP contribution in [-0.2, 0) is 22.7 Å². The number of β-amino-alcohol motifs (C(OH)–C–C–N with tert-alkyl or cyclic N) is 1. The number of hydrogen-bond acceptors (Lipinski definition) is 4. The smallest absolute Gasteiger partial charge is 0.223 e. The van der Waals surface area contributed by atoms with Gasteiger partial charge in [-0.25, -0.2) is 0 Å². The van der Waals surface area contributed by atoms with E-state index in [-0.39, 0.29) is 23.8 Å². The van der Waals surface area contributed by atoms with Gasteiger partial charge in [0.05, 0.1) is 6.61 Å². The third-order valence-corrected chi connectivity index (χ3v) is 6.68. The Balaban J connectivity index is 1.31. The van der Waals surface area contributed by atoms with Crippen LogP contribution in [0, 0.1) is 5.41 Å². The average Bonchev–Trinajstić information content (AvgIpc) is 3.12. The van der Waals surface area contributed by atoms with E-state index in [2.05, 4.69) is 29.2 Å². The van der Waals surface area contributed by atoms with Gasteiger partial charge in [0.1, 0.15) is 0 Å². The van der Waals surface area contributed by atoms with Crippen molar-refractivity contribution in [2.24, 2.45) is 5.41 Å². The minimum absolute atomic E-state index is 0.00267. The second-order valence-electron chi connectivity index (χ2n) is 8.69. The zero-order chi connectivity index (χ0) is 19.6. The van der Waals surface area contributed by atoms with Gasteiger partial charge in [-0.1, -0.05) is 24.3 Å². The molecule has 3 aliphatic rings. The monoisotopic (exact) mass is 385 g/mol. The van der Waals surface area contributed by atoms with Gasteiger partial charge in [-0.05, 0) is 30.4 Å². The van der Waals surface area contributed by atoms with Crippen LogP contribution in [0.5, 0.6) is 0 Å². The Morgan fingerprint density at radius 3 is 2.54 bits per heavy atom. The van der Waals surface area contributed by atoms with Gasteiger partial charge in [0.2, 0.25) is 11.8 Å². The number of amides is 2. The number of aliphatic hydroxyl groups is 1. The summed E-state index contributed by atoms with van der Waals surface area (Å²) < 4.78 is 0. The molecule has 1 aromatic rings. The molecule has 4 rings (SSSR count). The molecule has 6 heteroatoms. The van der Waals surface area contributed by atoms with Crippen LogP contribution in [0.25, 0.3) is 0 Å². The molecule has 1 N–H and O–H groups in total. The summed E-state index contributed by atoms with van der Waals surface area (Å²) in [7, 11) is 0. The quantitative estimate of drug-likeness (QED) is 0.837. The zero-order valence-corrected chi connectivity index (χ0v) is 16.6. The van der Waals surface area contributed by atoms with E-state index in [0.29, 0.717) is 25.9 Å². The Kier molecular flexibility index (Phi) is 5.69. The molecule has 1 aromatic carbocycles. The van der Waals surface area contributed by atoms with Gasteiger partial charge in [0.15, 0.2) is 0 Å². The molecule has 28 heavy (non-hydrogen) atoms. The molecular weight excluding hydrogens is 354 g/mol. The third kappa shape index (κ3) is 4.08. The first-order valence-electron chi connectivity index (χ1n) is 10.5. The molecule has 0 bridgehead atoms. The zero-order valence-electron chi connectivity index (χ0n) is 16.6. The van der Waals surface area contributed by atoms with Gasteiger partial charge in [0.25, 0.3) is 0 Å². The molecule has 0 saturated carbocycles. The molecule has 1 spiro atoms. The highest BCUT2D eigenvalue weighted by molar-refractivity contribution is 5.78. The number of benzene rings is 1. The van der Waals surface area contributed by atoms with Crippen molar-refractivity contribution in [3.8, 4) is 0 Å². The molecule has 0 radical (unpaired) electrons. The molecule has 0 aromatic heterocycles. The Hall–Kier alpha value is -1.92. The summed E-state index contributed by atoms with van der Waals surface area (Å²) >= 11 is 0. The number of aliphatic hydroxyl groups excluding tert-OH is 1. The van der Waals surface area contributed by atoms with E-state index in [1.165, 1.54) is 11.1 Å². The average molecular weight is 386 g/mol. The predicted octanol–water partition coefficient (Wildman–Crippen LogP) is 1.62. The van der Waals surface area contributed by atoms with Crippen LogP contribution >= 0.6 is 0 Å². The normalized spacial score (nSPS) is 25.4. The maximum atomic E-state index is 12.9. The van der Waals surface area contributed by atoms with Crippen LogP contribution in [0.2, 0.25) is 0 Å². The first kappa shape index (κ1) is 19.4. The van der Waals surface area contributed by atoms with Gasteiger partial charge in [-0.15, -0.1) is 0 Å². The molecular formula is C22H31N3O3. The number of carbonyl (C=O) groups excluding carboxylic acids is 2. The first-order valence-corrected chi connectivity index (χ1v) is 10.5. The van der Waals surface area contributed by atoms with E-state index in [0.717, 1.165) is 52.0 Å². The highest BCUT2D eigenvalue weighted by Crippen LogP contribution is 2.39. The van der Waals surface area contributed by atoms with Crippen LogP contribution < -0.4 is 0 Å². The maximum Gasteiger partial charge on any atom is 0.223 e. The van der Waals surface area contributed by atoms with Gasteiger partial charge in [-0.3, -0.25) is 14.5 Å². The summed E-state index contributed by atoms with van der Waals surface area (Å²) in [6, 6.07) is 8.51. The lowest BCUT2D eigenvalue weighted by atomic mass is 9.73. The fourth-order valence-corrected chi connectivity index (χ4v) is 5.15. The molecule has 1 unspecified atom stereocenters. The third-order valence-electron chi connectivity index (χ3n) is 6.68. The second-order valence-corrected chi connectivity index (χ2v) is 8.69. The van der Waals surface area contributed by atoms with Crippen molar-refractivity contribution < 1.29 is 14.7 Å². The molecule has 1 atom stereocenters. The lowest BCUT2D eigenvalue weighted by molar-refractivity contribution is -0.143. The van der Waals surface area contributed by atoms with Crippen LogP contribution in [-0.4, -0.2) is 71.0 Å². The first-order chi connectivity index (χ1) is 13.6. The number of likely N-dealkylation sites (tertiary alicyclic amines) is 2. The molecule has 2 fully saturated rings. The van der Waals surface area contributed by atoms with E-state index < -0.39 is 0 Å². The Morgan fingerprint density at radius 2 is 1.82 bits per heavy atom. The Morgan fingerprint density at radius 1 is 1.07 bits per heavy atom. The topological polar surface area (TPSA) is 64.1 Å². The molecule has 3 heterocycles. The van der Waals surface area contributed by atoms with Gasteiger partial charge in [0, 0.05) is 64.1 Å². The number of fused-ring (bicyclic) bond motifs is 1. The highest BCUT2D eigenvalue weighted by atomic mass is 16.3. The van der Waals surface area contributed by atoms with E-state index in [9.17, 15) is 14.7 Å². The molecule has 3 aliphatic heterocycles. The van der Waals surface area contributed by atoms with Crippen molar-refractivity contribution in [2.45, 2.75) is 45.2 Å². The minimum Gasteiger partial charge on any atom is -0.395 e. The van der Waals surface area contributed by atoms with Crippen LogP contribution in [0.1, 0.15) is 43.2 Å². The molecule has 152 valence electrons. The van der Waals surface area contributed by atoms with Gasteiger partial charge < -0.3 is 14.9 Å². The van der Waals surface area contributed by atoms with E-state index in [1.807, 2.05) is 4.90 Å². The molecule has 0 aliphatic carbocycles. The van der Waals surface area contributed by atoms with Crippen LogP contribution in [0.4, 0.5) is 0 Å². The summed E-state index contributed by atoms with van der Waals surface area (Å²) in [6.07, 6.45) is 4.02. The summed E-state index contributed by atoms with van der Waals surface area (Å²) in [5.74, 6) is 0.373. The van der Waals surface area contributed by atoms with Crippen molar-refractivity contribution >= 4 is 11.8 Å². The van der Waals surface area contributed by atoms with Gasteiger partial charge in [-0.2, -0.15) is 0 Å². The summed E-state index contributed by atoms with van der Waals surface area (Å²) in [6.45, 7) is 5.34. The second kappa shape index (κ2) is 8.21. The van der Waals surface area contributed by atoms with E-state index in [1.54, 1.807) is 4.90 Å². The lowest BCUT2D eigenvalue weighted by Gasteiger charge is -2.48. The predicted molar refractivity (Wildman–Crippen MR) is 106 cm³/mol. The summed E-state index contributed by atoms with van der Waals surface area (Å²) in [5.41, 5.74) is 2.77. The maximum absolute atomic E-state index is 12.9. The molecule has 6 nitrogen and oxygen atoms in total. The van der Waals surface area contributed by atoms with Crippen molar-refractivity contribution in [3.63, 3.8) is 0 Å². The summed E-state index contributed by atoms with van der Waals surface area (Å²) in [5, 5.41) is 9.24. The van der Waals surface area contributed by atoms with Crippen LogP contribution in [0.3, 0.4) is 0 Å². The summed E-state index contributed by atoms with van der Waals surface area (Å²) in [4.78, 5) is 31.2. The Bertz CT molecular complexity index is 712. The van der Waals surface area contributed by atoms with Crippen LogP contribution in [0.15, 0.2) is 24.3 Å². The number of piperidine rings is 2. The fourth-order valence-electron chi connectivity index (χ4n) is 5.15. The number of rotatable bonds is 5. The fraction of sp³-hybridized carbons (Fsp3) is 0.636. The SMILES string of the molecule is O=C1CCC2(CCCN(C(=O)CCN3Cc4ccccc4C3)C2)CN1CCO. The minimum atomic E-state index is 0.00267. The number of carbonyl (C=O) groups is 2. The number of nitrogens with zero attached hydrogens (tertiary/aromatic N) is 3. The Labute approximate surface area is 167 Å². The standard InChI is InChI=1S/C22H31N3O3/c26-13-12-25-17-22(9-6-20(25)27)8-3-10-24(16-22)21(28)7-11-23-14-18-4-1-2-5-19(18)15-23/h1-2,4-5,26H,3,6-17H2. The highest BCUT2D eigenvalue weighted by Gasteiger charge is 2.42. The van der Waals surface area contributed by atoms with Gasteiger partial charge >= 0.3 is 0 Å². The van der Waals surface area contributed by atoms with Crippen molar-refractivity contribution in [1.82, 2.24) is 14.7 Å². The van der Waals surface area contributed by atoms with Crippen molar-refractivity contribution in [1.29, 1.82) is 0 Å². The van der Waals surface area contributed by atoms with Crippen molar-refractivity contribution in [3.05, 3.63) is 35.4 Å². The lowest BCUT2D eigenvalue weighted by Crippen LogP contribution is -2.55. The van der Waals surface area contributed by atoms with E-state index >= 15 is 0 Å². The van der Waals surface area contributed by atoms with Crippen molar-refractivity contribution in [2.75, 3.05) is 39.3 Å².